The zero-order valence-corrected chi connectivity index (χ0v) is 18.9. The molecule has 6 nitrogen and oxygen atoms in total. The van der Waals surface area contributed by atoms with E-state index in [1.165, 1.54) is 7.11 Å². The second-order valence-corrected chi connectivity index (χ2v) is 7.48. The van der Waals surface area contributed by atoms with Crippen molar-refractivity contribution in [2.75, 3.05) is 7.11 Å². The number of aromatic nitrogens is 2. The van der Waals surface area contributed by atoms with Gasteiger partial charge < -0.3 is 9.15 Å². The van der Waals surface area contributed by atoms with Crippen LogP contribution < -0.4 is 0 Å². The number of carbonyl (C=O) groups is 1. The lowest BCUT2D eigenvalue weighted by Crippen LogP contribution is -2.00. The molecular formula is C27H25N3O3. The highest BCUT2D eigenvalue weighted by Gasteiger charge is 2.19. The van der Waals surface area contributed by atoms with Crippen LogP contribution in [0.15, 0.2) is 88.7 Å². The maximum absolute atomic E-state index is 11.7. The van der Waals surface area contributed by atoms with Crippen LogP contribution in [-0.4, -0.2) is 29.1 Å². The number of ether oxygens (including phenoxy) is 1. The lowest BCUT2D eigenvalue weighted by atomic mass is 9.92. The molecule has 0 unspecified atom stereocenters. The van der Waals surface area contributed by atoms with Crippen molar-refractivity contribution in [1.82, 2.24) is 9.78 Å². The van der Waals surface area contributed by atoms with E-state index >= 15 is 0 Å². The van der Waals surface area contributed by atoms with Gasteiger partial charge in [-0.1, -0.05) is 49.4 Å². The molecule has 0 fully saturated rings. The molecule has 0 saturated heterocycles. The van der Waals surface area contributed by atoms with Gasteiger partial charge in [-0.25, -0.2) is 4.79 Å². The zero-order chi connectivity index (χ0) is 23.2. The first-order valence-electron chi connectivity index (χ1n) is 10.7. The van der Waals surface area contributed by atoms with E-state index in [0.717, 1.165) is 39.9 Å². The lowest BCUT2D eigenvalue weighted by Gasteiger charge is -2.13. The van der Waals surface area contributed by atoms with Gasteiger partial charge in [0.05, 0.1) is 25.1 Å². The number of methoxy groups -OCH3 is 1. The fraction of sp³-hybridized carbons (Fsp3) is 0.148. The van der Waals surface area contributed by atoms with E-state index in [1.807, 2.05) is 55.8 Å². The van der Waals surface area contributed by atoms with Gasteiger partial charge in [0.1, 0.15) is 5.69 Å². The molecule has 0 amide bonds. The monoisotopic (exact) mass is 439 g/mol. The average molecular weight is 440 g/mol. The van der Waals surface area contributed by atoms with Crippen molar-refractivity contribution >= 4 is 29.0 Å². The third-order valence-electron chi connectivity index (χ3n) is 5.33. The first kappa shape index (κ1) is 22.0. The fourth-order valence-electron chi connectivity index (χ4n) is 3.71. The van der Waals surface area contributed by atoms with E-state index in [0.29, 0.717) is 11.3 Å². The highest BCUT2D eigenvalue weighted by molar-refractivity contribution is 6.00. The summed E-state index contributed by atoms with van der Waals surface area (Å²) in [6.07, 6.45) is 8.09. The Balaban J connectivity index is 1.77. The molecular weight excluding hydrogens is 414 g/mol. The van der Waals surface area contributed by atoms with Crippen molar-refractivity contribution in [3.63, 3.8) is 0 Å². The predicted molar refractivity (Wildman–Crippen MR) is 130 cm³/mol. The Kier molecular flexibility index (Phi) is 6.64. The van der Waals surface area contributed by atoms with Crippen LogP contribution in [-0.2, 0) is 11.8 Å². The molecule has 0 radical (unpaired) electrons. The van der Waals surface area contributed by atoms with Crippen LogP contribution in [0.4, 0.5) is 5.69 Å². The van der Waals surface area contributed by atoms with Crippen molar-refractivity contribution < 1.29 is 13.9 Å². The van der Waals surface area contributed by atoms with Gasteiger partial charge in [0.25, 0.3) is 0 Å². The van der Waals surface area contributed by atoms with Gasteiger partial charge in [0.15, 0.2) is 5.76 Å². The lowest BCUT2D eigenvalue weighted by molar-refractivity contribution is 0.0600. The molecule has 4 rings (SSSR count). The number of aryl methyl sites for hydroxylation is 1. The Hall–Kier alpha value is -4.19. The van der Waals surface area contributed by atoms with E-state index < -0.39 is 0 Å². The van der Waals surface area contributed by atoms with Crippen LogP contribution in [0.3, 0.4) is 0 Å². The third kappa shape index (κ3) is 4.85. The zero-order valence-electron chi connectivity index (χ0n) is 18.9. The smallest absolute Gasteiger partial charge is 0.337 e. The van der Waals surface area contributed by atoms with Crippen molar-refractivity contribution in [3.8, 4) is 0 Å². The molecule has 2 aromatic heterocycles. The van der Waals surface area contributed by atoms with Gasteiger partial charge in [-0.3, -0.25) is 9.67 Å². The Bertz CT molecular complexity index is 1300. The first-order valence-corrected chi connectivity index (χ1v) is 10.7. The molecule has 4 aromatic rings. The van der Waals surface area contributed by atoms with Crippen LogP contribution in [0.1, 0.15) is 46.2 Å². The number of furan rings is 1. The van der Waals surface area contributed by atoms with Crippen molar-refractivity contribution in [3.05, 3.63) is 107 Å². The molecule has 33 heavy (non-hydrogen) atoms. The van der Waals surface area contributed by atoms with E-state index in [4.69, 9.17) is 14.1 Å². The minimum absolute atomic E-state index is 0.365. The first-order chi connectivity index (χ1) is 16.1. The van der Waals surface area contributed by atoms with Gasteiger partial charge in [-0.15, -0.1) is 0 Å². The Morgan fingerprint density at radius 3 is 2.45 bits per heavy atom. The quantitative estimate of drug-likeness (QED) is 0.265. The normalized spacial score (nSPS) is 12.1. The van der Waals surface area contributed by atoms with Gasteiger partial charge in [-0.05, 0) is 35.3 Å². The van der Waals surface area contributed by atoms with E-state index in [1.54, 1.807) is 29.3 Å². The largest absolute Gasteiger partial charge is 0.465 e. The van der Waals surface area contributed by atoms with Crippen LogP contribution in [0.5, 0.6) is 0 Å². The summed E-state index contributed by atoms with van der Waals surface area (Å²) in [5, 5.41) is 4.36. The Labute approximate surface area is 192 Å². The van der Waals surface area contributed by atoms with Crippen molar-refractivity contribution in [2.24, 2.45) is 12.0 Å². The predicted octanol–water partition coefficient (Wildman–Crippen LogP) is 5.92. The number of allylic oxidation sites excluding steroid dienone is 1. The SMILES string of the molecule is CC/C(=C(/c1ccccc1)c1occc1N=Cc1ccc(C(=O)OC)cc1)c1cnn(C)c1. The number of carbonyl (C=O) groups excluding carboxylic acids is 1. The molecule has 0 aliphatic heterocycles. The summed E-state index contributed by atoms with van der Waals surface area (Å²) >= 11 is 0. The van der Waals surface area contributed by atoms with Crippen molar-refractivity contribution in [2.45, 2.75) is 13.3 Å². The standard InChI is InChI=1S/C27H25N3O3/c1-4-23(22-17-29-30(2)18-22)25(20-8-6-5-7-9-20)26-24(14-15-33-26)28-16-19-10-12-21(13-11-19)27(31)32-3/h5-18H,4H2,1-3H3/b25-23+,28-16?. The summed E-state index contributed by atoms with van der Waals surface area (Å²) < 4.78 is 12.5. The number of nitrogens with zero attached hydrogens (tertiary/aromatic N) is 3. The van der Waals surface area contributed by atoms with Gasteiger partial charge in [0, 0.05) is 36.7 Å². The molecule has 0 N–H and O–H groups in total. The summed E-state index contributed by atoms with van der Waals surface area (Å²) in [7, 11) is 3.28. The third-order valence-corrected chi connectivity index (χ3v) is 5.33. The van der Waals surface area contributed by atoms with Gasteiger partial charge in [0.2, 0.25) is 0 Å². The maximum atomic E-state index is 11.7. The van der Waals surface area contributed by atoms with Crippen LogP contribution in [0, 0.1) is 0 Å². The second-order valence-electron chi connectivity index (χ2n) is 7.48. The molecule has 0 aliphatic rings. The second kappa shape index (κ2) is 9.96. The van der Waals surface area contributed by atoms with Gasteiger partial charge in [-0.2, -0.15) is 5.10 Å². The topological polar surface area (TPSA) is 69.6 Å². The number of esters is 1. The summed E-state index contributed by atoms with van der Waals surface area (Å²) in [6.45, 7) is 2.13. The van der Waals surface area contributed by atoms with Gasteiger partial charge >= 0.3 is 5.97 Å². The fourth-order valence-corrected chi connectivity index (χ4v) is 3.71. The molecule has 2 aromatic carbocycles. The van der Waals surface area contributed by atoms with Crippen molar-refractivity contribution in [1.29, 1.82) is 0 Å². The number of aliphatic imine (C=N–C) groups is 1. The number of benzene rings is 2. The molecule has 0 aliphatic carbocycles. The summed E-state index contributed by atoms with van der Waals surface area (Å²) in [5.41, 5.74) is 6.30. The van der Waals surface area contributed by atoms with Crippen LogP contribution in [0.25, 0.3) is 11.1 Å². The Morgan fingerprint density at radius 1 is 1.06 bits per heavy atom. The minimum atomic E-state index is -0.365. The number of hydrogen-bond acceptors (Lipinski definition) is 5. The Morgan fingerprint density at radius 2 is 1.82 bits per heavy atom. The number of hydrogen-bond donors (Lipinski definition) is 0. The molecule has 0 saturated carbocycles. The summed E-state index contributed by atoms with van der Waals surface area (Å²) in [4.78, 5) is 16.4. The van der Waals surface area contributed by atoms with E-state index in [9.17, 15) is 4.79 Å². The molecule has 6 heteroatoms. The molecule has 166 valence electrons. The molecule has 0 spiro atoms. The minimum Gasteiger partial charge on any atom is -0.465 e. The maximum Gasteiger partial charge on any atom is 0.337 e. The van der Waals surface area contributed by atoms with Crippen LogP contribution >= 0.6 is 0 Å². The highest BCUT2D eigenvalue weighted by Crippen LogP contribution is 2.39. The highest BCUT2D eigenvalue weighted by atomic mass is 16.5. The van der Waals surface area contributed by atoms with E-state index in [-0.39, 0.29) is 5.97 Å². The summed E-state index contributed by atoms with van der Waals surface area (Å²) in [5.74, 6) is 0.333. The summed E-state index contributed by atoms with van der Waals surface area (Å²) in [6, 6.07) is 19.1. The average Bonchev–Trinajstić information content (AvgIpc) is 3.50. The van der Waals surface area contributed by atoms with Crippen LogP contribution in [0.2, 0.25) is 0 Å². The molecule has 0 bridgehead atoms. The molecule has 0 atom stereocenters. The number of rotatable bonds is 7. The van der Waals surface area contributed by atoms with E-state index in [2.05, 4.69) is 24.2 Å². The molecule has 2 heterocycles.